The van der Waals surface area contributed by atoms with E-state index in [1.54, 1.807) is 0 Å². The first-order chi connectivity index (χ1) is 8.02. The molecule has 3 nitrogen and oxygen atoms in total. The molecule has 1 aromatic rings. The molecule has 0 aliphatic carbocycles. The van der Waals surface area contributed by atoms with Crippen LogP contribution in [0.1, 0.15) is 51.2 Å². The van der Waals surface area contributed by atoms with Crippen molar-refractivity contribution >= 4 is 0 Å². The standard InChI is InChI=1S/C14H25NO2/c1-6-11(4)16-9-13-7-14(17-12(13)5)8-15-10(2)3/h7,10-11,15H,6,8-9H2,1-5H3. The second kappa shape index (κ2) is 6.82. The average Bonchev–Trinajstić information content (AvgIpc) is 2.64. The van der Waals surface area contributed by atoms with Gasteiger partial charge in [-0.25, -0.2) is 0 Å². The lowest BCUT2D eigenvalue weighted by Gasteiger charge is -2.09. The van der Waals surface area contributed by atoms with E-state index in [0.29, 0.717) is 18.8 Å². The monoisotopic (exact) mass is 239 g/mol. The Morgan fingerprint density at radius 3 is 2.65 bits per heavy atom. The van der Waals surface area contributed by atoms with E-state index in [4.69, 9.17) is 9.15 Å². The number of hydrogen-bond acceptors (Lipinski definition) is 3. The molecular formula is C14H25NO2. The molecule has 0 saturated heterocycles. The molecule has 1 unspecified atom stereocenters. The van der Waals surface area contributed by atoms with Crippen LogP contribution in [0.2, 0.25) is 0 Å². The zero-order valence-electron chi connectivity index (χ0n) is 11.7. The highest BCUT2D eigenvalue weighted by Crippen LogP contribution is 2.16. The molecule has 0 spiro atoms. The van der Waals surface area contributed by atoms with Crippen LogP contribution in [0.5, 0.6) is 0 Å². The number of hydrogen-bond donors (Lipinski definition) is 1. The summed E-state index contributed by atoms with van der Waals surface area (Å²) in [4.78, 5) is 0. The Hall–Kier alpha value is -0.800. The largest absolute Gasteiger partial charge is 0.465 e. The maximum Gasteiger partial charge on any atom is 0.118 e. The van der Waals surface area contributed by atoms with Crippen LogP contribution in [0, 0.1) is 6.92 Å². The maximum absolute atomic E-state index is 5.72. The molecule has 1 heterocycles. The van der Waals surface area contributed by atoms with Crippen molar-refractivity contribution in [3.63, 3.8) is 0 Å². The number of aryl methyl sites for hydroxylation is 1. The molecule has 0 amide bonds. The van der Waals surface area contributed by atoms with Crippen molar-refractivity contribution in [3.8, 4) is 0 Å². The number of nitrogens with one attached hydrogen (secondary N) is 1. The van der Waals surface area contributed by atoms with Crippen molar-refractivity contribution in [2.45, 2.75) is 66.3 Å². The third-order valence-electron chi connectivity index (χ3n) is 2.85. The molecule has 1 atom stereocenters. The Kier molecular flexibility index (Phi) is 5.72. The molecule has 0 bridgehead atoms. The summed E-state index contributed by atoms with van der Waals surface area (Å²) < 4.78 is 11.4. The molecular weight excluding hydrogens is 214 g/mol. The SMILES string of the molecule is CCC(C)OCc1cc(CNC(C)C)oc1C. The summed E-state index contributed by atoms with van der Waals surface area (Å²) in [6.07, 6.45) is 1.35. The van der Waals surface area contributed by atoms with Crippen molar-refractivity contribution in [1.29, 1.82) is 0 Å². The zero-order valence-corrected chi connectivity index (χ0v) is 11.7. The van der Waals surface area contributed by atoms with Gasteiger partial charge in [0.1, 0.15) is 11.5 Å². The second-order valence-electron chi connectivity index (χ2n) is 4.86. The van der Waals surface area contributed by atoms with Crippen LogP contribution >= 0.6 is 0 Å². The summed E-state index contributed by atoms with van der Waals surface area (Å²) in [5, 5.41) is 3.34. The summed E-state index contributed by atoms with van der Waals surface area (Å²) in [7, 11) is 0. The topological polar surface area (TPSA) is 34.4 Å². The minimum Gasteiger partial charge on any atom is -0.465 e. The normalized spacial score (nSPS) is 13.3. The molecule has 98 valence electrons. The molecule has 0 aromatic carbocycles. The van der Waals surface area contributed by atoms with E-state index in [2.05, 4.69) is 39.1 Å². The molecule has 1 aromatic heterocycles. The highest BCUT2D eigenvalue weighted by atomic mass is 16.5. The fourth-order valence-corrected chi connectivity index (χ4v) is 1.47. The smallest absolute Gasteiger partial charge is 0.118 e. The molecule has 17 heavy (non-hydrogen) atoms. The molecule has 0 aliphatic heterocycles. The van der Waals surface area contributed by atoms with Gasteiger partial charge in [0.2, 0.25) is 0 Å². The molecule has 3 heteroatoms. The lowest BCUT2D eigenvalue weighted by Crippen LogP contribution is -2.21. The van der Waals surface area contributed by atoms with E-state index >= 15 is 0 Å². The van der Waals surface area contributed by atoms with Gasteiger partial charge in [-0.2, -0.15) is 0 Å². The summed E-state index contributed by atoms with van der Waals surface area (Å²) >= 11 is 0. The van der Waals surface area contributed by atoms with Gasteiger partial charge in [-0.3, -0.25) is 0 Å². The minimum atomic E-state index is 0.307. The van der Waals surface area contributed by atoms with E-state index in [1.165, 1.54) is 0 Å². The highest BCUT2D eigenvalue weighted by molar-refractivity contribution is 5.20. The molecule has 1 rings (SSSR count). The van der Waals surface area contributed by atoms with E-state index in [9.17, 15) is 0 Å². The van der Waals surface area contributed by atoms with Gasteiger partial charge in [0, 0.05) is 11.6 Å². The fraction of sp³-hybridized carbons (Fsp3) is 0.714. The van der Waals surface area contributed by atoms with Crippen LogP contribution < -0.4 is 5.32 Å². The first kappa shape index (κ1) is 14.3. The van der Waals surface area contributed by atoms with Crippen LogP contribution in [-0.2, 0) is 17.9 Å². The van der Waals surface area contributed by atoms with E-state index in [1.807, 2.05) is 6.92 Å². The van der Waals surface area contributed by atoms with Crippen LogP contribution in [0.3, 0.4) is 0 Å². The van der Waals surface area contributed by atoms with Gasteiger partial charge < -0.3 is 14.5 Å². The van der Waals surface area contributed by atoms with E-state index in [0.717, 1.165) is 30.0 Å². The van der Waals surface area contributed by atoms with Gasteiger partial charge in [0.15, 0.2) is 0 Å². The van der Waals surface area contributed by atoms with Gasteiger partial charge in [-0.15, -0.1) is 0 Å². The van der Waals surface area contributed by atoms with Crippen LogP contribution in [0.25, 0.3) is 0 Å². The fourth-order valence-electron chi connectivity index (χ4n) is 1.47. The summed E-state index contributed by atoms with van der Waals surface area (Å²) in [6.45, 7) is 11.9. The lowest BCUT2D eigenvalue weighted by molar-refractivity contribution is 0.0502. The first-order valence-electron chi connectivity index (χ1n) is 6.46. The summed E-state index contributed by atoms with van der Waals surface area (Å²) in [6, 6.07) is 2.56. The summed E-state index contributed by atoms with van der Waals surface area (Å²) in [5.74, 6) is 1.95. The minimum absolute atomic E-state index is 0.307. The maximum atomic E-state index is 5.72. The van der Waals surface area contributed by atoms with Gasteiger partial charge in [-0.1, -0.05) is 20.8 Å². The van der Waals surface area contributed by atoms with Crippen molar-refractivity contribution in [3.05, 3.63) is 23.2 Å². The Balaban J connectivity index is 2.50. The Morgan fingerprint density at radius 2 is 2.06 bits per heavy atom. The Labute approximate surface area is 105 Å². The van der Waals surface area contributed by atoms with E-state index in [-0.39, 0.29) is 0 Å². The number of rotatable bonds is 7. The van der Waals surface area contributed by atoms with Crippen molar-refractivity contribution in [2.24, 2.45) is 0 Å². The molecule has 0 saturated carbocycles. The van der Waals surface area contributed by atoms with Crippen molar-refractivity contribution < 1.29 is 9.15 Å². The second-order valence-corrected chi connectivity index (χ2v) is 4.86. The number of furan rings is 1. The van der Waals surface area contributed by atoms with Crippen LogP contribution in [0.15, 0.2) is 10.5 Å². The molecule has 0 aliphatic rings. The molecule has 1 N–H and O–H groups in total. The average molecular weight is 239 g/mol. The predicted molar refractivity (Wildman–Crippen MR) is 70.0 cm³/mol. The first-order valence-corrected chi connectivity index (χ1v) is 6.46. The molecule has 0 radical (unpaired) electrons. The van der Waals surface area contributed by atoms with Gasteiger partial charge >= 0.3 is 0 Å². The van der Waals surface area contributed by atoms with Crippen LogP contribution in [0.4, 0.5) is 0 Å². The Morgan fingerprint density at radius 1 is 1.35 bits per heavy atom. The number of ether oxygens (including phenoxy) is 1. The van der Waals surface area contributed by atoms with Gasteiger partial charge in [0.05, 0.1) is 19.3 Å². The third kappa shape index (κ3) is 4.92. The van der Waals surface area contributed by atoms with Gasteiger partial charge in [-0.05, 0) is 26.3 Å². The zero-order chi connectivity index (χ0) is 12.8. The predicted octanol–water partition coefficient (Wildman–Crippen LogP) is 3.40. The van der Waals surface area contributed by atoms with Gasteiger partial charge in [0.25, 0.3) is 0 Å². The van der Waals surface area contributed by atoms with Crippen molar-refractivity contribution in [1.82, 2.24) is 5.32 Å². The van der Waals surface area contributed by atoms with E-state index < -0.39 is 0 Å². The highest BCUT2D eigenvalue weighted by Gasteiger charge is 2.09. The molecule has 0 fully saturated rings. The quantitative estimate of drug-likeness (QED) is 0.792. The van der Waals surface area contributed by atoms with Crippen molar-refractivity contribution in [2.75, 3.05) is 0 Å². The Bertz CT molecular complexity index is 331. The lowest BCUT2D eigenvalue weighted by atomic mass is 10.2. The summed E-state index contributed by atoms with van der Waals surface area (Å²) in [5.41, 5.74) is 1.16. The third-order valence-corrected chi connectivity index (χ3v) is 2.85. The van der Waals surface area contributed by atoms with Crippen LogP contribution in [-0.4, -0.2) is 12.1 Å².